The highest BCUT2D eigenvalue weighted by molar-refractivity contribution is 6.08. The average Bonchev–Trinajstić information content (AvgIpc) is 2.74. The molecule has 0 saturated heterocycles. The molecule has 2 nitrogen and oxygen atoms in total. The number of Topliss-reactive ketones (excluding diaryl/α,β-unsaturated/α-hetero) is 1. The molecule has 2 heteroatoms. The first-order valence-corrected chi connectivity index (χ1v) is 6.33. The van der Waals surface area contributed by atoms with Crippen LogP contribution in [0.2, 0.25) is 0 Å². The summed E-state index contributed by atoms with van der Waals surface area (Å²) in [7, 11) is 0. The van der Waals surface area contributed by atoms with E-state index in [0.717, 1.165) is 11.0 Å². The SMILES string of the molecule is C=C(Cn1c2ccccc2c2ccccc21)C(C)=O. The van der Waals surface area contributed by atoms with Gasteiger partial charge in [0.2, 0.25) is 0 Å². The number of allylic oxidation sites excluding steroid dienone is 1. The van der Waals surface area contributed by atoms with Crippen molar-refractivity contribution in [3.63, 3.8) is 0 Å². The van der Waals surface area contributed by atoms with Crippen LogP contribution in [0.5, 0.6) is 0 Å². The summed E-state index contributed by atoms with van der Waals surface area (Å²) in [6.45, 7) is 5.98. The summed E-state index contributed by atoms with van der Waals surface area (Å²) in [5, 5.41) is 2.43. The first-order valence-electron chi connectivity index (χ1n) is 6.33. The van der Waals surface area contributed by atoms with Gasteiger partial charge in [-0.05, 0) is 19.1 Å². The number of para-hydroxylation sites is 2. The molecule has 3 aromatic rings. The van der Waals surface area contributed by atoms with Gasteiger partial charge in [-0.2, -0.15) is 0 Å². The van der Waals surface area contributed by atoms with E-state index in [-0.39, 0.29) is 5.78 Å². The van der Waals surface area contributed by atoms with Crippen molar-refractivity contribution in [3.05, 3.63) is 60.7 Å². The molecule has 1 heterocycles. The molecule has 3 rings (SSSR count). The van der Waals surface area contributed by atoms with E-state index in [2.05, 4.69) is 35.4 Å². The van der Waals surface area contributed by atoms with E-state index in [1.807, 2.05) is 24.3 Å². The van der Waals surface area contributed by atoms with Crippen LogP contribution in [0, 0.1) is 0 Å². The zero-order valence-corrected chi connectivity index (χ0v) is 10.9. The highest BCUT2D eigenvalue weighted by Gasteiger charge is 2.11. The highest BCUT2D eigenvalue weighted by atomic mass is 16.1. The first-order chi connectivity index (χ1) is 9.18. The van der Waals surface area contributed by atoms with Crippen LogP contribution >= 0.6 is 0 Å². The van der Waals surface area contributed by atoms with E-state index in [4.69, 9.17) is 0 Å². The summed E-state index contributed by atoms with van der Waals surface area (Å²) in [4.78, 5) is 11.4. The molecule has 0 aliphatic heterocycles. The molecule has 0 aliphatic rings. The van der Waals surface area contributed by atoms with Gasteiger partial charge in [0, 0.05) is 27.4 Å². The highest BCUT2D eigenvalue weighted by Crippen LogP contribution is 2.29. The number of hydrogen-bond donors (Lipinski definition) is 0. The van der Waals surface area contributed by atoms with Gasteiger partial charge < -0.3 is 4.57 Å². The van der Waals surface area contributed by atoms with E-state index in [1.54, 1.807) is 6.92 Å². The molecule has 0 spiro atoms. The van der Waals surface area contributed by atoms with Crippen molar-refractivity contribution in [2.75, 3.05) is 0 Å². The van der Waals surface area contributed by atoms with Crippen LogP contribution < -0.4 is 0 Å². The largest absolute Gasteiger partial charge is 0.336 e. The number of benzene rings is 2. The molecule has 0 N–H and O–H groups in total. The zero-order chi connectivity index (χ0) is 13.4. The number of hydrogen-bond acceptors (Lipinski definition) is 1. The predicted molar refractivity (Wildman–Crippen MR) is 79.3 cm³/mol. The lowest BCUT2D eigenvalue weighted by Gasteiger charge is -2.07. The van der Waals surface area contributed by atoms with Crippen molar-refractivity contribution in [1.29, 1.82) is 0 Å². The third kappa shape index (κ3) is 1.85. The summed E-state index contributed by atoms with van der Waals surface area (Å²) >= 11 is 0. The Bertz CT molecular complexity index is 742. The molecular formula is C17H15NO. The van der Waals surface area contributed by atoms with E-state index < -0.39 is 0 Å². The summed E-state index contributed by atoms with van der Waals surface area (Å²) < 4.78 is 2.16. The normalized spacial score (nSPS) is 11.0. The minimum Gasteiger partial charge on any atom is -0.336 e. The molecule has 19 heavy (non-hydrogen) atoms. The number of ketones is 1. The second-order valence-corrected chi connectivity index (χ2v) is 4.78. The van der Waals surface area contributed by atoms with Gasteiger partial charge in [0.15, 0.2) is 5.78 Å². The van der Waals surface area contributed by atoms with Gasteiger partial charge in [0.1, 0.15) is 0 Å². The fraction of sp³-hybridized carbons (Fsp3) is 0.118. The number of rotatable bonds is 3. The maximum absolute atomic E-state index is 11.4. The van der Waals surface area contributed by atoms with Crippen molar-refractivity contribution >= 4 is 27.6 Å². The smallest absolute Gasteiger partial charge is 0.156 e. The number of fused-ring (bicyclic) bond motifs is 3. The lowest BCUT2D eigenvalue weighted by atomic mass is 10.2. The van der Waals surface area contributed by atoms with Crippen LogP contribution in [0.15, 0.2) is 60.7 Å². The third-order valence-corrected chi connectivity index (χ3v) is 3.53. The molecule has 0 unspecified atom stereocenters. The molecule has 2 aromatic carbocycles. The van der Waals surface area contributed by atoms with Gasteiger partial charge in [-0.25, -0.2) is 0 Å². The average molecular weight is 249 g/mol. The van der Waals surface area contributed by atoms with E-state index in [0.29, 0.717) is 12.1 Å². The monoisotopic (exact) mass is 249 g/mol. The Morgan fingerprint density at radius 1 is 1.00 bits per heavy atom. The number of carbonyl (C=O) groups is 1. The summed E-state index contributed by atoms with van der Waals surface area (Å²) in [5.74, 6) is 0.0434. The maximum atomic E-state index is 11.4. The molecule has 0 fully saturated rings. The fourth-order valence-corrected chi connectivity index (χ4v) is 2.48. The van der Waals surface area contributed by atoms with Gasteiger partial charge in [0.25, 0.3) is 0 Å². The van der Waals surface area contributed by atoms with Gasteiger partial charge in [-0.1, -0.05) is 43.0 Å². The second kappa shape index (κ2) is 4.39. The first kappa shape index (κ1) is 11.7. The molecule has 1 aromatic heterocycles. The van der Waals surface area contributed by atoms with Gasteiger partial charge >= 0.3 is 0 Å². The van der Waals surface area contributed by atoms with Crippen LogP contribution in [0.4, 0.5) is 0 Å². The van der Waals surface area contributed by atoms with Crippen molar-refractivity contribution in [1.82, 2.24) is 4.57 Å². The van der Waals surface area contributed by atoms with Crippen LogP contribution in [0.25, 0.3) is 21.8 Å². The Labute approximate surface area is 112 Å². The Kier molecular flexibility index (Phi) is 2.71. The lowest BCUT2D eigenvalue weighted by Crippen LogP contribution is -2.05. The van der Waals surface area contributed by atoms with E-state index in [9.17, 15) is 4.79 Å². The van der Waals surface area contributed by atoms with Crippen LogP contribution in [0.3, 0.4) is 0 Å². The Morgan fingerprint density at radius 2 is 1.47 bits per heavy atom. The molecule has 0 saturated carbocycles. The van der Waals surface area contributed by atoms with Crippen molar-refractivity contribution in [3.8, 4) is 0 Å². The molecular weight excluding hydrogens is 234 g/mol. The zero-order valence-electron chi connectivity index (χ0n) is 10.9. The summed E-state index contributed by atoms with van der Waals surface area (Å²) in [6.07, 6.45) is 0. The Hall–Kier alpha value is -2.35. The van der Waals surface area contributed by atoms with E-state index >= 15 is 0 Å². The van der Waals surface area contributed by atoms with Crippen LogP contribution in [0.1, 0.15) is 6.92 Å². The Balaban J connectivity index is 2.30. The van der Waals surface area contributed by atoms with Crippen LogP contribution in [-0.4, -0.2) is 10.4 Å². The van der Waals surface area contributed by atoms with Gasteiger partial charge in [0.05, 0.1) is 6.54 Å². The van der Waals surface area contributed by atoms with Crippen LogP contribution in [-0.2, 0) is 11.3 Å². The molecule has 0 radical (unpaired) electrons. The van der Waals surface area contributed by atoms with Crippen molar-refractivity contribution < 1.29 is 4.79 Å². The fourth-order valence-electron chi connectivity index (χ4n) is 2.48. The molecule has 0 atom stereocenters. The number of aromatic nitrogens is 1. The van der Waals surface area contributed by atoms with Gasteiger partial charge in [-0.3, -0.25) is 4.79 Å². The molecule has 0 aliphatic carbocycles. The standard InChI is InChI=1S/C17H15NO/c1-12(13(2)19)11-18-16-9-5-3-7-14(16)15-8-4-6-10-17(15)18/h3-10H,1,11H2,2H3. The lowest BCUT2D eigenvalue weighted by molar-refractivity contribution is -0.113. The molecule has 94 valence electrons. The molecule has 0 amide bonds. The summed E-state index contributed by atoms with van der Waals surface area (Å²) in [6, 6.07) is 16.5. The minimum atomic E-state index is 0.0434. The maximum Gasteiger partial charge on any atom is 0.156 e. The number of carbonyl (C=O) groups excluding carboxylic acids is 1. The quantitative estimate of drug-likeness (QED) is 0.644. The molecule has 0 bridgehead atoms. The summed E-state index contributed by atoms with van der Waals surface area (Å²) in [5.41, 5.74) is 2.92. The third-order valence-electron chi connectivity index (χ3n) is 3.53. The van der Waals surface area contributed by atoms with E-state index in [1.165, 1.54) is 10.8 Å². The number of nitrogens with zero attached hydrogens (tertiary/aromatic N) is 1. The minimum absolute atomic E-state index is 0.0434. The van der Waals surface area contributed by atoms with Crippen molar-refractivity contribution in [2.24, 2.45) is 0 Å². The van der Waals surface area contributed by atoms with Gasteiger partial charge in [-0.15, -0.1) is 0 Å². The Morgan fingerprint density at radius 3 is 1.95 bits per heavy atom. The predicted octanol–water partition coefficient (Wildman–Crippen LogP) is 3.94. The second-order valence-electron chi connectivity index (χ2n) is 4.78. The van der Waals surface area contributed by atoms with Crippen molar-refractivity contribution in [2.45, 2.75) is 13.5 Å². The topological polar surface area (TPSA) is 22.0 Å².